The smallest absolute Gasteiger partial charge is 0.240 e. The Labute approximate surface area is 125 Å². The number of rotatable bonds is 4. The highest BCUT2D eigenvalue weighted by atomic mass is 16.4. The molecule has 0 aliphatic heterocycles. The van der Waals surface area contributed by atoms with Gasteiger partial charge in [-0.3, -0.25) is 4.79 Å². The molecular weight excluding hydrogens is 266 g/mol. The molecule has 0 spiro atoms. The Kier molecular flexibility index (Phi) is 4.21. The number of anilines is 1. The van der Waals surface area contributed by atoms with Crippen LogP contribution in [0.25, 0.3) is 0 Å². The fourth-order valence-electron chi connectivity index (χ4n) is 3.27. The zero-order valence-corrected chi connectivity index (χ0v) is 12.8. The quantitative estimate of drug-likeness (QED) is 0.387. The van der Waals surface area contributed by atoms with Gasteiger partial charge in [0.1, 0.15) is 5.41 Å². The van der Waals surface area contributed by atoms with Gasteiger partial charge in [-0.1, -0.05) is 30.3 Å². The Hall–Kier alpha value is -2.04. The molecule has 2 rings (SSSR count). The molecule has 5 heteroatoms. The highest BCUT2D eigenvalue weighted by Gasteiger charge is 2.53. The summed E-state index contributed by atoms with van der Waals surface area (Å²) in [5.74, 6) is 0.357. The van der Waals surface area contributed by atoms with E-state index in [1.165, 1.54) is 0 Å². The largest absolute Gasteiger partial charge is 0.409 e. The van der Waals surface area contributed by atoms with Crippen molar-refractivity contribution < 1.29 is 10.0 Å². The van der Waals surface area contributed by atoms with E-state index in [9.17, 15) is 4.79 Å². The maximum atomic E-state index is 13.0. The molecule has 1 aliphatic rings. The molecule has 0 heterocycles. The molecule has 1 aliphatic carbocycles. The van der Waals surface area contributed by atoms with E-state index in [0.29, 0.717) is 25.3 Å². The van der Waals surface area contributed by atoms with Gasteiger partial charge >= 0.3 is 0 Å². The Bertz CT molecular complexity index is 562. The first-order valence-electron chi connectivity index (χ1n) is 7.32. The Morgan fingerprint density at radius 3 is 2.57 bits per heavy atom. The molecule has 0 bridgehead atoms. The molecule has 0 radical (unpaired) electrons. The zero-order valence-electron chi connectivity index (χ0n) is 12.8. The minimum absolute atomic E-state index is 0.0256. The molecule has 3 N–H and O–H groups in total. The summed E-state index contributed by atoms with van der Waals surface area (Å²) in [6, 6.07) is 7.77. The van der Waals surface area contributed by atoms with Crippen molar-refractivity contribution in [3.05, 3.63) is 29.8 Å². The summed E-state index contributed by atoms with van der Waals surface area (Å²) in [7, 11) is 0. The van der Waals surface area contributed by atoms with Crippen LogP contribution in [0.2, 0.25) is 0 Å². The second-order valence-corrected chi connectivity index (χ2v) is 5.92. The lowest BCUT2D eigenvalue weighted by atomic mass is 9.61. The van der Waals surface area contributed by atoms with Crippen LogP contribution < -0.4 is 10.6 Å². The zero-order chi connectivity index (χ0) is 15.6. The van der Waals surface area contributed by atoms with Crippen LogP contribution in [0.1, 0.15) is 32.3 Å². The predicted octanol–water partition coefficient (Wildman–Crippen LogP) is 2.51. The van der Waals surface area contributed by atoms with Crippen molar-refractivity contribution in [3.8, 4) is 0 Å². The van der Waals surface area contributed by atoms with Crippen molar-refractivity contribution in [2.75, 3.05) is 11.4 Å². The van der Waals surface area contributed by atoms with E-state index in [1.807, 2.05) is 38.1 Å². The maximum Gasteiger partial charge on any atom is 0.240 e. The van der Waals surface area contributed by atoms with Gasteiger partial charge in [-0.05, 0) is 44.2 Å². The lowest BCUT2D eigenvalue weighted by Gasteiger charge is -2.46. The van der Waals surface area contributed by atoms with Crippen LogP contribution in [0.3, 0.4) is 0 Å². The van der Waals surface area contributed by atoms with Crippen molar-refractivity contribution in [1.82, 2.24) is 0 Å². The van der Waals surface area contributed by atoms with E-state index < -0.39 is 5.41 Å². The first-order valence-corrected chi connectivity index (χ1v) is 7.32. The van der Waals surface area contributed by atoms with Crippen molar-refractivity contribution in [2.24, 2.45) is 22.2 Å². The molecule has 1 aromatic rings. The number of amidine groups is 1. The fraction of sp³-hybridized carbons (Fsp3) is 0.500. The predicted molar refractivity (Wildman–Crippen MR) is 83.4 cm³/mol. The molecule has 0 atom stereocenters. The minimum atomic E-state index is -0.855. The summed E-state index contributed by atoms with van der Waals surface area (Å²) in [5.41, 5.74) is 6.90. The molecule has 0 saturated heterocycles. The van der Waals surface area contributed by atoms with Gasteiger partial charge in [0.2, 0.25) is 5.91 Å². The van der Waals surface area contributed by atoms with Gasteiger partial charge < -0.3 is 15.8 Å². The van der Waals surface area contributed by atoms with Gasteiger partial charge in [-0.25, -0.2) is 0 Å². The third kappa shape index (κ3) is 2.48. The summed E-state index contributed by atoms with van der Waals surface area (Å²) < 4.78 is 0. The van der Waals surface area contributed by atoms with Crippen molar-refractivity contribution in [1.29, 1.82) is 0 Å². The molecule has 1 aromatic carbocycles. The number of benzene rings is 1. The SMILES string of the molecule is CCN(C(=O)C1(/C(N)=N/O)CC(C)C1)c1ccccc1C. The van der Waals surface area contributed by atoms with E-state index >= 15 is 0 Å². The number of hydrogen-bond acceptors (Lipinski definition) is 3. The molecule has 1 fully saturated rings. The number of oxime groups is 1. The van der Waals surface area contributed by atoms with Crippen molar-refractivity contribution >= 4 is 17.4 Å². The van der Waals surface area contributed by atoms with Gasteiger partial charge in [0.15, 0.2) is 5.84 Å². The van der Waals surface area contributed by atoms with E-state index in [-0.39, 0.29) is 11.7 Å². The number of hydrogen-bond donors (Lipinski definition) is 2. The van der Waals surface area contributed by atoms with Crippen LogP contribution in [-0.4, -0.2) is 23.5 Å². The summed E-state index contributed by atoms with van der Waals surface area (Å²) in [6.07, 6.45) is 1.26. The molecule has 1 amide bonds. The average molecular weight is 289 g/mol. The first kappa shape index (κ1) is 15.4. The summed E-state index contributed by atoms with van der Waals surface area (Å²) in [6.45, 7) is 6.54. The lowest BCUT2D eigenvalue weighted by Crippen LogP contribution is -2.58. The number of nitrogens with two attached hydrogens (primary N) is 1. The number of carbonyl (C=O) groups is 1. The average Bonchev–Trinajstić information content (AvgIpc) is 2.45. The van der Waals surface area contributed by atoms with Gasteiger partial charge in [0, 0.05) is 12.2 Å². The number of carbonyl (C=O) groups excluding carboxylic acids is 1. The fourth-order valence-corrected chi connectivity index (χ4v) is 3.27. The van der Waals surface area contributed by atoms with Crippen LogP contribution in [0.5, 0.6) is 0 Å². The van der Waals surface area contributed by atoms with E-state index in [0.717, 1.165) is 11.3 Å². The number of aryl methyl sites for hydroxylation is 1. The van der Waals surface area contributed by atoms with Gasteiger partial charge in [-0.2, -0.15) is 0 Å². The van der Waals surface area contributed by atoms with Gasteiger partial charge in [0.05, 0.1) is 0 Å². The Balaban J connectivity index is 2.38. The van der Waals surface area contributed by atoms with E-state index in [4.69, 9.17) is 10.9 Å². The van der Waals surface area contributed by atoms with Crippen LogP contribution in [0.15, 0.2) is 29.4 Å². The molecule has 114 valence electrons. The minimum Gasteiger partial charge on any atom is -0.409 e. The monoisotopic (exact) mass is 289 g/mol. The second-order valence-electron chi connectivity index (χ2n) is 5.92. The second kappa shape index (κ2) is 5.76. The highest BCUT2D eigenvalue weighted by molar-refractivity contribution is 6.13. The summed E-state index contributed by atoms with van der Waals surface area (Å²) >= 11 is 0. The third-order valence-corrected chi connectivity index (χ3v) is 4.37. The normalized spacial score (nSPS) is 25.3. The molecule has 21 heavy (non-hydrogen) atoms. The van der Waals surface area contributed by atoms with Crippen molar-refractivity contribution in [3.63, 3.8) is 0 Å². The molecule has 0 unspecified atom stereocenters. The lowest BCUT2D eigenvalue weighted by molar-refractivity contribution is -0.130. The van der Waals surface area contributed by atoms with Crippen LogP contribution in [-0.2, 0) is 4.79 Å². The third-order valence-electron chi connectivity index (χ3n) is 4.37. The Morgan fingerprint density at radius 2 is 2.10 bits per heavy atom. The molecule has 0 aromatic heterocycles. The standard InChI is InChI=1S/C16H23N3O2/c1-4-19(13-8-6-5-7-12(13)3)15(20)16(14(17)18-21)9-11(2)10-16/h5-8,11,21H,4,9-10H2,1-3H3,(H2,17,18). The first-order chi connectivity index (χ1) is 9.96. The van der Waals surface area contributed by atoms with Gasteiger partial charge in [0.25, 0.3) is 0 Å². The van der Waals surface area contributed by atoms with Crippen LogP contribution >= 0.6 is 0 Å². The summed E-state index contributed by atoms with van der Waals surface area (Å²) in [4.78, 5) is 14.8. The number of para-hydroxylation sites is 1. The summed E-state index contributed by atoms with van der Waals surface area (Å²) in [5, 5.41) is 12.2. The van der Waals surface area contributed by atoms with Crippen LogP contribution in [0, 0.1) is 18.3 Å². The molecule has 5 nitrogen and oxygen atoms in total. The van der Waals surface area contributed by atoms with E-state index in [2.05, 4.69) is 12.1 Å². The van der Waals surface area contributed by atoms with Crippen molar-refractivity contribution in [2.45, 2.75) is 33.6 Å². The molecule has 1 saturated carbocycles. The molecular formula is C16H23N3O2. The Morgan fingerprint density at radius 1 is 1.48 bits per heavy atom. The topological polar surface area (TPSA) is 78.9 Å². The van der Waals surface area contributed by atoms with E-state index in [1.54, 1.807) is 4.90 Å². The van der Waals surface area contributed by atoms with Crippen LogP contribution in [0.4, 0.5) is 5.69 Å². The number of nitrogens with zero attached hydrogens (tertiary/aromatic N) is 2. The highest BCUT2D eigenvalue weighted by Crippen LogP contribution is 2.47. The maximum absolute atomic E-state index is 13.0. The number of amides is 1. The van der Waals surface area contributed by atoms with Gasteiger partial charge in [-0.15, -0.1) is 0 Å².